The first kappa shape index (κ1) is 12.5. The van der Waals surface area contributed by atoms with Gasteiger partial charge in [0.1, 0.15) is 5.69 Å². The molecule has 0 aliphatic rings. The lowest BCUT2D eigenvalue weighted by molar-refractivity contribution is 0.102. The van der Waals surface area contributed by atoms with E-state index in [1.165, 1.54) is 0 Å². The second-order valence-corrected chi connectivity index (χ2v) is 4.63. The minimum Gasteiger partial charge on any atom is -0.356 e. The number of nitrogens with zero attached hydrogens (tertiary/aromatic N) is 2. The zero-order valence-corrected chi connectivity index (χ0v) is 11.1. The van der Waals surface area contributed by atoms with Crippen LogP contribution in [0.2, 0.25) is 5.02 Å². The third-order valence-electron chi connectivity index (χ3n) is 2.75. The summed E-state index contributed by atoms with van der Waals surface area (Å²) in [4.78, 5) is 14.7. The molecule has 2 N–H and O–H groups in total. The first-order chi connectivity index (χ1) is 9.72. The molecule has 0 unspecified atom stereocenters. The van der Waals surface area contributed by atoms with Crippen LogP contribution in [0.15, 0.2) is 55.0 Å². The molecule has 0 aliphatic heterocycles. The average molecular weight is 287 g/mol. The molecule has 1 amide bonds. The predicted molar refractivity (Wildman–Crippen MR) is 77.3 cm³/mol. The normalized spacial score (nSPS) is 10.4. The van der Waals surface area contributed by atoms with Crippen molar-refractivity contribution in [3.05, 3.63) is 65.7 Å². The van der Waals surface area contributed by atoms with Gasteiger partial charge in [-0.2, -0.15) is 5.10 Å². The van der Waals surface area contributed by atoms with Crippen molar-refractivity contribution in [1.82, 2.24) is 14.8 Å². The molecule has 20 heavy (non-hydrogen) atoms. The number of amides is 1. The van der Waals surface area contributed by atoms with Crippen molar-refractivity contribution in [3.63, 3.8) is 0 Å². The number of anilines is 1. The summed E-state index contributed by atoms with van der Waals surface area (Å²) >= 11 is 5.76. The van der Waals surface area contributed by atoms with E-state index < -0.39 is 0 Å². The molecule has 3 aromatic rings. The number of hydrogen-bond donors (Lipinski definition) is 2. The number of halogens is 1. The van der Waals surface area contributed by atoms with Gasteiger partial charge in [0.15, 0.2) is 0 Å². The van der Waals surface area contributed by atoms with Crippen LogP contribution in [0, 0.1) is 0 Å². The van der Waals surface area contributed by atoms with Gasteiger partial charge in [-0.15, -0.1) is 0 Å². The number of aromatic nitrogens is 3. The van der Waals surface area contributed by atoms with Gasteiger partial charge in [0, 0.05) is 6.20 Å². The molecule has 0 fully saturated rings. The van der Waals surface area contributed by atoms with Crippen LogP contribution in [0.1, 0.15) is 10.5 Å². The average Bonchev–Trinajstić information content (AvgIpc) is 3.09. The van der Waals surface area contributed by atoms with Gasteiger partial charge in [0.05, 0.1) is 28.8 Å². The van der Waals surface area contributed by atoms with E-state index in [1.54, 1.807) is 29.3 Å². The summed E-state index contributed by atoms with van der Waals surface area (Å²) < 4.78 is 1.69. The minimum absolute atomic E-state index is 0.260. The van der Waals surface area contributed by atoms with E-state index in [-0.39, 0.29) is 5.91 Å². The Kier molecular flexibility index (Phi) is 3.26. The van der Waals surface area contributed by atoms with Gasteiger partial charge in [-0.05, 0) is 18.2 Å². The van der Waals surface area contributed by atoms with Crippen molar-refractivity contribution in [2.24, 2.45) is 0 Å². The summed E-state index contributed by atoms with van der Waals surface area (Å²) in [5.41, 5.74) is 1.95. The maximum Gasteiger partial charge on any atom is 0.272 e. The van der Waals surface area contributed by atoms with Crippen LogP contribution in [0.25, 0.3) is 5.69 Å². The largest absolute Gasteiger partial charge is 0.356 e. The molecule has 3 rings (SSSR count). The van der Waals surface area contributed by atoms with Crippen LogP contribution >= 0.6 is 11.6 Å². The van der Waals surface area contributed by atoms with Crippen LogP contribution in [0.5, 0.6) is 0 Å². The molecule has 0 aliphatic carbocycles. The topological polar surface area (TPSA) is 62.7 Å². The smallest absolute Gasteiger partial charge is 0.272 e. The van der Waals surface area contributed by atoms with E-state index >= 15 is 0 Å². The molecule has 2 aromatic heterocycles. The van der Waals surface area contributed by atoms with Crippen LogP contribution in [0.4, 0.5) is 5.69 Å². The maximum absolute atomic E-state index is 11.9. The van der Waals surface area contributed by atoms with Gasteiger partial charge in [0.2, 0.25) is 0 Å². The van der Waals surface area contributed by atoms with E-state index in [1.807, 2.05) is 30.3 Å². The quantitative estimate of drug-likeness (QED) is 0.777. The van der Waals surface area contributed by atoms with Crippen LogP contribution in [-0.4, -0.2) is 20.7 Å². The monoisotopic (exact) mass is 286 g/mol. The molecular weight excluding hydrogens is 276 g/mol. The molecule has 5 nitrogen and oxygen atoms in total. The first-order valence-corrected chi connectivity index (χ1v) is 6.35. The van der Waals surface area contributed by atoms with Crippen molar-refractivity contribution >= 4 is 23.2 Å². The van der Waals surface area contributed by atoms with Crippen LogP contribution < -0.4 is 5.32 Å². The first-order valence-electron chi connectivity index (χ1n) is 5.98. The summed E-state index contributed by atoms with van der Waals surface area (Å²) in [6.07, 6.45) is 4.90. The second-order valence-electron chi connectivity index (χ2n) is 4.19. The SMILES string of the molecule is O=C(Nc1cnn(-c2ccccc2)c1)c1cc(Cl)c[nH]1. The Labute approximate surface area is 120 Å². The molecule has 0 radical (unpaired) electrons. The molecule has 0 saturated heterocycles. The van der Waals surface area contributed by atoms with E-state index in [4.69, 9.17) is 11.6 Å². The standard InChI is InChI=1S/C14H11ClN4O/c15-10-6-13(16-7-10)14(20)18-11-8-17-19(9-11)12-4-2-1-3-5-12/h1-9,16H,(H,18,20). The van der Waals surface area contributed by atoms with E-state index in [0.29, 0.717) is 16.4 Å². The molecule has 0 saturated carbocycles. The lowest BCUT2D eigenvalue weighted by Crippen LogP contribution is -2.11. The van der Waals surface area contributed by atoms with Gasteiger partial charge in [-0.3, -0.25) is 4.79 Å². The van der Waals surface area contributed by atoms with E-state index in [2.05, 4.69) is 15.4 Å². The second kappa shape index (κ2) is 5.22. The Morgan fingerprint density at radius 3 is 2.80 bits per heavy atom. The zero-order chi connectivity index (χ0) is 13.9. The number of carbonyl (C=O) groups excluding carboxylic acids is 1. The molecule has 1 aromatic carbocycles. The van der Waals surface area contributed by atoms with Crippen molar-refractivity contribution in [2.75, 3.05) is 5.32 Å². The highest BCUT2D eigenvalue weighted by atomic mass is 35.5. The summed E-state index contributed by atoms with van der Waals surface area (Å²) in [6, 6.07) is 11.2. The van der Waals surface area contributed by atoms with Crippen molar-refractivity contribution in [3.8, 4) is 5.69 Å². The van der Waals surface area contributed by atoms with Gasteiger partial charge in [0.25, 0.3) is 5.91 Å². The van der Waals surface area contributed by atoms with Gasteiger partial charge in [-0.1, -0.05) is 29.8 Å². The predicted octanol–water partition coefficient (Wildman–Crippen LogP) is 3.11. The van der Waals surface area contributed by atoms with Crippen molar-refractivity contribution < 1.29 is 4.79 Å². The molecule has 100 valence electrons. The summed E-state index contributed by atoms with van der Waals surface area (Å²) in [5.74, 6) is -0.260. The lowest BCUT2D eigenvalue weighted by atomic mass is 10.3. The number of rotatable bonds is 3. The van der Waals surface area contributed by atoms with E-state index in [9.17, 15) is 4.79 Å². The third-order valence-corrected chi connectivity index (χ3v) is 2.97. The zero-order valence-electron chi connectivity index (χ0n) is 10.4. The molecular formula is C14H11ClN4O. The fraction of sp³-hybridized carbons (Fsp3) is 0. The number of hydrogen-bond acceptors (Lipinski definition) is 2. The molecule has 0 spiro atoms. The highest BCUT2D eigenvalue weighted by Gasteiger charge is 2.09. The number of H-pyrrole nitrogens is 1. The summed E-state index contributed by atoms with van der Waals surface area (Å²) in [7, 11) is 0. The molecule has 0 bridgehead atoms. The van der Waals surface area contributed by atoms with Gasteiger partial charge in [-0.25, -0.2) is 4.68 Å². The molecule has 0 atom stereocenters. The Morgan fingerprint density at radius 1 is 1.30 bits per heavy atom. The Morgan fingerprint density at radius 2 is 2.10 bits per heavy atom. The highest BCUT2D eigenvalue weighted by Crippen LogP contribution is 2.14. The lowest BCUT2D eigenvalue weighted by Gasteiger charge is -2.00. The third kappa shape index (κ3) is 2.57. The number of aromatic amines is 1. The van der Waals surface area contributed by atoms with Crippen molar-refractivity contribution in [2.45, 2.75) is 0 Å². The summed E-state index contributed by atoms with van der Waals surface area (Å²) in [5, 5.41) is 7.45. The summed E-state index contributed by atoms with van der Waals surface area (Å²) in [6.45, 7) is 0. The number of para-hydroxylation sites is 1. The van der Waals surface area contributed by atoms with E-state index in [0.717, 1.165) is 5.69 Å². The fourth-order valence-electron chi connectivity index (χ4n) is 1.81. The van der Waals surface area contributed by atoms with Crippen LogP contribution in [-0.2, 0) is 0 Å². The Balaban J connectivity index is 1.76. The Hall–Kier alpha value is -2.53. The fourth-order valence-corrected chi connectivity index (χ4v) is 1.97. The maximum atomic E-state index is 11.9. The van der Waals surface area contributed by atoms with Crippen molar-refractivity contribution in [1.29, 1.82) is 0 Å². The number of nitrogens with one attached hydrogen (secondary N) is 2. The number of benzene rings is 1. The highest BCUT2D eigenvalue weighted by molar-refractivity contribution is 6.31. The number of carbonyl (C=O) groups is 1. The van der Waals surface area contributed by atoms with Crippen LogP contribution in [0.3, 0.4) is 0 Å². The van der Waals surface area contributed by atoms with Gasteiger partial charge >= 0.3 is 0 Å². The molecule has 6 heteroatoms. The Bertz CT molecular complexity index is 732. The molecule has 2 heterocycles. The van der Waals surface area contributed by atoms with Gasteiger partial charge < -0.3 is 10.3 Å². The minimum atomic E-state index is -0.260.